The standard InChI is InChI=1S/C26H36O3S.C2H6/c1-20-9-14-23-24(8-7-17-29-16-6-4-5-15-27)26(2,19-30-25(23)18-20)21-10-12-22(28-3)13-11-21;1-2/h9-14,18,24,27H,4-8,15-17,19H2,1-3H3;1-2H3/t24?,26-;/m1./s1. The first-order chi connectivity index (χ1) is 15.6. The van der Waals surface area contributed by atoms with Crippen LogP contribution in [0.15, 0.2) is 47.4 Å². The summed E-state index contributed by atoms with van der Waals surface area (Å²) in [6.45, 7) is 10.5. The predicted octanol–water partition coefficient (Wildman–Crippen LogP) is 7.14. The summed E-state index contributed by atoms with van der Waals surface area (Å²) in [7, 11) is 1.72. The van der Waals surface area contributed by atoms with Gasteiger partial charge in [0, 0.05) is 35.9 Å². The van der Waals surface area contributed by atoms with Crippen molar-refractivity contribution in [2.75, 3.05) is 32.7 Å². The molecule has 1 heterocycles. The monoisotopic (exact) mass is 458 g/mol. The van der Waals surface area contributed by atoms with Crippen LogP contribution in [0, 0.1) is 6.92 Å². The summed E-state index contributed by atoms with van der Waals surface area (Å²) in [4.78, 5) is 1.44. The number of aliphatic hydroxyl groups excluding tert-OH is 1. The van der Waals surface area contributed by atoms with Gasteiger partial charge < -0.3 is 14.6 Å². The molecule has 0 saturated heterocycles. The zero-order chi connectivity index (χ0) is 23.4. The number of hydrogen-bond donors (Lipinski definition) is 1. The van der Waals surface area contributed by atoms with Crippen molar-refractivity contribution >= 4 is 11.8 Å². The largest absolute Gasteiger partial charge is 0.497 e. The van der Waals surface area contributed by atoms with Gasteiger partial charge in [-0.15, -0.1) is 11.8 Å². The van der Waals surface area contributed by atoms with Crippen molar-refractivity contribution in [2.24, 2.45) is 0 Å². The van der Waals surface area contributed by atoms with Gasteiger partial charge in [0.1, 0.15) is 5.75 Å². The Balaban J connectivity index is 0.00000176. The van der Waals surface area contributed by atoms with E-state index in [0.717, 1.165) is 56.8 Å². The molecule has 2 aromatic carbocycles. The quantitative estimate of drug-likeness (QED) is 0.363. The van der Waals surface area contributed by atoms with Crippen molar-refractivity contribution in [3.63, 3.8) is 0 Å². The Bertz CT molecular complexity index is 790. The summed E-state index contributed by atoms with van der Waals surface area (Å²) >= 11 is 1.99. The molecule has 1 aliphatic rings. The fraction of sp³-hybridized carbons (Fsp3) is 0.571. The van der Waals surface area contributed by atoms with E-state index in [1.54, 1.807) is 7.11 Å². The van der Waals surface area contributed by atoms with E-state index >= 15 is 0 Å². The lowest BCUT2D eigenvalue weighted by atomic mass is 9.68. The highest BCUT2D eigenvalue weighted by Crippen LogP contribution is 2.52. The maximum atomic E-state index is 8.87. The molecule has 4 heteroatoms. The molecular formula is C28H42O3S. The molecule has 0 amide bonds. The molecule has 2 aromatic rings. The third-order valence-corrected chi connectivity index (χ3v) is 7.73. The Kier molecular flexibility index (Phi) is 11.6. The molecule has 3 rings (SSSR count). The second-order valence-electron chi connectivity index (χ2n) is 8.57. The number of thioether (sulfide) groups is 1. The second kappa shape index (κ2) is 13.9. The second-order valence-corrected chi connectivity index (χ2v) is 9.58. The number of benzene rings is 2. The third-order valence-electron chi connectivity index (χ3n) is 6.32. The lowest BCUT2D eigenvalue weighted by Crippen LogP contribution is -2.36. The smallest absolute Gasteiger partial charge is 0.118 e. The summed E-state index contributed by atoms with van der Waals surface area (Å²) in [5.74, 6) is 2.47. The molecule has 0 aliphatic carbocycles. The van der Waals surface area contributed by atoms with Crippen molar-refractivity contribution in [1.82, 2.24) is 0 Å². The maximum Gasteiger partial charge on any atom is 0.118 e. The number of fused-ring (bicyclic) bond motifs is 1. The summed E-state index contributed by atoms with van der Waals surface area (Å²) in [6, 6.07) is 15.6. The predicted molar refractivity (Wildman–Crippen MR) is 137 cm³/mol. The number of methoxy groups -OCH3 is 1. The minimum atomic E-state index is 0.0837. The maximum absolute atomic E-state index is 8.87. The Labute approximate surface area is 199 Å². The molecule has 1 N–H and O–H groups in total. The molecule has 0 bridgehead atoms. The first-order valence-corrected chi connectivity index (χ1v) is 13.1. The summed E-state index contributed by atoms with van der Waals surface area (Å²) in [5.41, 5.74) is 4.29. The number of aliphatic hydroxyl groups is 1. The van der Waals surface area contributed by atoms with E-state index in [1.807, 2.05) is 25.6 Å². The molecule has 1 aliphatic heterocycles. The first kappa shape index (κ1) is 26.8. The average molecular weight is 459 g/mol. The SMILES string of the molecule is CC.COc1ccc([C@@]2(C)CSc3cc(C)ccc3C2CCCOCCCCCO)cc1. The zero-order valence-electron chi connectivity index (χ0n) is 20.7. The van der Waals surface area contributed by atoms with Crippen LogP contribution in [0.4, 0.5) is 0 Å². The van der Waals surface area contributed by atoms with Gasteiger partial charge >= 0.3 is 0 Å². The van der Waals surface area contributed by atoms with Crippen molar-refractivity contribution in [3.05, 3.63) is 59.2 Å². The van der Waals surface area contributed by atoms with E-state index in [2.05, 4.69) is 56.3 Å². The minimum Gasteiger partial charge on any atom is -0.497 e. The molecule has 178 valence electrons. The molecule has 0 saturated carbocycles. The van der Waals surface area contributed by atoms with Gasteiger partial charge in [-0.25, -0.2) is 0 Å². The lowest BCUT2D eigenvalue weighted by molar-refractivity contribution is 0.121. The van der Waals surface area contributed by atoms with Crippen LogP contribution >= 0.6 is 11.8 Å². The zero-order valence-corrected chi connectivity index (χ0v) is 21.5. The van der Waals surface area contributed by atoms with Crippen LogP contribution in [0.25, 0.3) is 0 Å². The molecule has 0 aromatic heterocycles. The van der Waals surface area contributed by atoms with Gasteiger partial charge in [-0.05, 0) is 74.3 Å². The van der Waals surface area contributed by atoms with Gasteiger partial charge in [0.15, 0.2) is 0 Å². The first-order valence-electron chi connectivity index (χ1n) is 12.1. The number of ether oxygens (including phenoxy) is 2. The fourth-order valence-electron chi connectivity index (χ4n) is 4.44. The minimum absolute atomic E-state index is 0.0837. The van der Waals surface area contributed by atoms with E-state index in [4.69, 9.17) is 14.6 Å². The van der Waals surface area contributed by atoms with Crippen LogP contribution in [-0.2, 0) is 10.2 Å². The van der Waals surface area contributed by atoms with Crippen molar-refractivity contribution in [2.45, 2.75) is 76.0 Å². The Morgan fingerprint density at radius 3 is 2.41 bits per heavy atom. The van der Waals surface area contributed by atoms with Gasteiger partial charge in [-0.1, -0.05) is 50.6 Å². The van der Waals surface area contributed by atoms with Gasteiger partial charge in [-0.3, -0.25) is 0 Å². The van der Waals surface area contributed by atoms with E-state index in [0.29, 0.717) is 5.92 Å². The van der Waals surface area contributed by atoms with E-state index in [-0.39, 0.29) is 12.0 Å². The van der Waals surface area contributed by atoms with Crippen LogP contribution < -0.4 is 4.74 Å². The van der Waals surface area contributed by atoms with Crippen LogP contribution in [-0.4, -0.2) is 37.8 Å². The van der Waals surface area contributed by atoms with Crippen LogP contribution in [0.5, 0.6) is 5.75 Å². The Morgan fingerprint density at radius 2 is 1.72 bits per heavy atom. The molecule has 0 radical (unpaired) electrons. The summed E-state index contributed by atoms with van der Waals surface area (Å²) in [6.07, 6.45) is 5.13. The number of aryl methyl sites for hydroxylation is 1. The van der Waals surface area contributed by atoms with Crippen LogP contribution in [0.1, 0.15) is 75.5 Å². The molecule has 1 unspecified atom stereocenters. The van der Waals surface area contributed by atoms with Crippen molar-refractivity contribution < 1.29 is 14.6 Å². The highest BCUT2D eigenvalue weighted by Gasteiger charge is 2.41. The summed E-state index contributed by atoms with van der Waals surface area (Å²) in [5, 5.41) is 8.87. The van der Waals surface area contributed by atoms with Gasteiger partial charge in [-0.2, -0.15) is 0 Å². The van der Waals surface area contributed by atoms with E-state index in [9.17, 15) is 0 Å². The summed E-state index contributed by atoms with van der Waals surface area (Å²) < 4.78 is 11.3. The molecule has 0 fully saturated rings. The Morgan fingerprint density at radius 1 is 1.00 bits per heavy atom. The highest BCUT2D eigenvalue weighted by atomic mass is 32.2. The molecular weight excluding hydrogens is 416 g/mol. The molecule has 32 heavy (non-hydrogen) atoms. The number of unbranched alkanes of at least 4 members (excludes halogenated alkanes) is 2. The third kappa shape index (κ3) is 7.00. The normalized spacial score (nSPS) is 19.6. The van der Waals surface area contributed by atoms with Gasteiger partial charge in [0.25, 0.3) is 0 Å². The average Bonchev–Trinajstić information content (AvgIpc) is 2.83. The van der Waals surface area contributed by atoms with Crippen LogP contribution in [0.3, 0.4) is 0 Å². The van der Waals surface area contributed by atoms with Crippen molar-refractivity contribution in [1.29, 1.82) is 0 Å². The number of rotatable bonds is 11. The van der Waals surface area contributed by atoms with Crippen molar-refractivity contribution in [3.8, 4) is 5.75 Å². The highest BCUT2D eigenvalue weighted by molar-refractivity contribution is 7.99. The van der Waals surface area contributed by atoms with Gasteiger partial charge in [0.05, 0.1) is 7.11 Å². The van der Waals surface area contributed by atoms with Gasteiger partial charge in [0.2, 0.25) is 0 Å². The molecule has 0 spiro atoms. The fourth-order valence-corrected chi connectivity index (χ4v) is 5.91. The van der Waals surface area contributed by atoms with E-state index in [1.165, 1.54) is 21.6 Å². The van der Waals surface area contributed by atoms with Crippen LogP contribution in [0.2, 0.25) is 0 Å². The topological polar surface area (TPSA) is 38.7 Å². The number of hydrogen-bond acceptors (Lipinski definition) is 4. The molecule has 3 nitrogen and oxygen atoms in total. The lowest BCUT2D eigenvalue weighted by Gasteiger charge is -2.43. The molecule has 2 atom stereocenters. The Hall–Kier alpha value is -1.49. The van der Waals surface area contributed by atoms with E-state index < -0.39 is 0 Å².